The summed E-state index contributed by atoms with van der Waals surface area (Å²) in [5.74, 6) is 1.43. The van der Waals surface area contributed by atoms with Gasteiger partial charge in [-0.1, -0.05) is 30.3 Å². The quantitative estimate of drug-likeness (QED) is 0.385. The van der Waals surface area contributed by atoms with E-state index >= 15 is 0 Å². The van der Waals surface area contributed by atoms with E-state index in [0.717, 1.165) is 16.5 Å². The van der Waals surface area contributed by atoms with Gasteiger partial charge < -0.3 is 14.5 Å². The fourth-order valence-corrected chi connectivity index (χ4v) is 4.70. The standard InChI is InChI=1S/C27H23FN6O2/c1-36-23-12-5-3-10-21(23)25-31-30-24-20-9-2-4-11-22(20)29-27(34(24)25)33-15-13-32(14-16-33)26(35)18-7-6-8-19(28)17-18/h2-12,17H,13-16H2,1H3. The Balaban J connectivity index is 1.40. The van der Waals surface area contributed by atoms with Crippen LogP contribution in [-0.2, 0) is 0 Å². The van der Waals surface area contributed by atoms with Gasteiger partial charge in [0, 0.05) is 37.1 Å². The first-order valence-electron chi connectivity index (χ1n) is 11.7. The van der Waals surface area contributed by atoms with Gasteiger partial charge in [0.2, 0.25) is 5.95 Å². The van der Waals surface area contributed by atoms with Crippen LogP contribution >= 0.6 is 0 Å². The molecule has 1 aliphatic heterocycles. The van der Waals surface area contributed by atoms with E-state index in [-0.39, 0.29) is 5.91 Å². The van der Waals surface area contributed by atoms with Crippen LogP contribution in [0.25, 0.3) is 27.9 Å². The number of fused-ring (bicyclic) bond motifs is 3. The maximum atomic E-state index is 13.6. The van der Waals surface area contributed by atoms with Gasteiger partial charge in [0.25, 0.3) is 5.91 Å². The molecule has 0 unspecified atom stereocenters. The molecule has 5 aromatic rings. The molecular weight excluding hydrogens is 459 g/mol. The minimum absolute atomic E-state index is 0.176. The summed E-state index contributed by atoms with van der Waals surface area (Å²) in [6.45, 7) is 2.09. The van der Waals surface area contributed by atoms with Crippen molar-refractivity contribution in [2.24, 2.45) is 0 Å². The van der Waals surface area contributed by atoms with Crippen LogP contribution in [0.5, 0.6) is 5.75 Å². The van der Waals surface area contributed by atoms with Crippen LogP contribution in [0.2, 0.25) is 0 Å². The zero-order valence-electron chi connectivity index (χ0n) is 19.6. The molecular formula is C27H23FN6O2. The molecule has 8 nitrogen and oxygen atoms in total. The van der Waals surface area contributed by atoms with Gasteiger partial charge in [0.1, 0.15) is 11.6 Å². The molecule has 3 aromatic carbocycles. The Morgan fingerprint density at radius 2 is 1.69 bits per heavy atom. The second-order valence-corrected chi connectivity index (χ2v) is 8.60. The zero-order valence-corrected chi connectivity index (χ0v) is 19.6. The lowest BCUT2D eigenvalue weighted by molar-refractivity contribution is 0.0745. The number of halogens is 1. The summed E-state index contributed by atoms with van der Waals surface area (Å²) in [4.78, 5) is 21.8. The minimum atomic E-state index is -0.418. The molecule has 0 radical (unpaired) electrons. The topological polar surface area (TPSA) is 75.9 Å². The van der Waals surface area contributed by atoms with Crippen molar-refractivity contribution in [1.29, 1.82) is 0 Å². The number of hydrogen-bond donors (Lipinski definition) is 0. The molecule has 180 valence electrons. The first kappa shape index (κ1) is 22.0. The number of amides is 1. The van der Waals surface area contributed by atoms with Gasteiger partial charge in [-0.3, -0.25) is 4.79 Å². The Bertz CT molecular complexity index is 1590. The van der Waals surface area contributed by atoms with Crippen LogP contribution in [0.15, 0.2) is 72.8 Å². The Kier molecular flexibility index (Phi) is 5.44. The van der Waals surface area contributed by atoms with Gasteiger partial charge in [-0.2, -0.15) is 0 Å². The van der Waals surface area contributed by atoms with Crippen LogP contribution < -0.4 is 9.64 Å². The molecule has 9 heteroatoms. The first-order chi connectivity index (χ1) is 17.6. The summed E-state index contributed by atoms with van der Waals surface area (Å²) < 4.78 is 21.2. The second kappa shape index (κ2) is 8.92. The molecule has 36 heavy (non-hydrogen) atoms. The summed E-state index contributed by atoms with van der Waals surface area (Å²) >= 11 is 0. The number of aromatic nitrogens is 4. The molecule has 1 aliphatic rings. The number of hydrogen-bond acceptors (Lipinski definition) is 6. The van der Waals surface area contributed by atoms with Crippen LogP contribution in [-0.4, -0.2) is 63.7 Å². The van der Waals surface area contributed by atoms with Crippen molar-refractivity contribution in [3.05, 3.63) is 84.2 Å². The van der Waals surface area contributed by atoms with Crippen molar-refractivity contribution in [2.75, 3.05) is 38.2 Å². The number of nitrogens with zero attached hydrogens (tertiary/aromatic N) is 6. The number of para-hydroxylation sites is 2. The SMILES string of the molecule is COc1ccccc1-c1nnc2c3ccccc3nc(N3CCN(C(=O)c4cccc(F)c4)CC3)n12. The van der Waals surface area contributed by atoms with E-state index in [4.69, 9.17) is 9.72 Å². The Morgan fingerprint density at radius 3 is 2.50 bits per heavy atom. The van der Waals surface area contributed by atoms with Crippen LogP contribution in [0, 0.1) is 5.82 Å². The van der Waals surface area contributed by atoms with E-state index < -0.39 is 5.82 Å². The average Bonchev–Trinajstić information content (AvgIpc) is 3.38. The van der Waals surface area contributed by atoms with E-state index in [1.807, 2.05) is 52.9 Å². The molecule has 1 amide bonds. The second-order valence-electron chi connectivity index (χ2n) is 8.60. The van der Waals surface area contributed by atoms with Crippen LogP contribution in [0.3, 0.4) is 0 Å². The number of anilines is 1. The predicted molar refractivity (Wildman–Crippen MR) is 135 cm³/mol. The maximum absolute atomic E-state index is 13.6. The monoisotopic (exact) mass is 482 g/mol. The highest BCUT2D eigenvalue weighted by Crippen LogP contribution is 2.33. The molecule has 0 bridgehead atoms. The third kappa shape index (κ3) is 3.69. The van der Waals surface area contributed by atoms with Gasteiger partial charge in [-0.25, -0.2) is 13.8 Å². The zero-order chi connectivity index (χ0) is 24.6. The third-order valence-corrected chi connectivity index (χ3v) is 6.50. The molecule has 0 atom stereocenters. The first-order valence-corrected chi connectivity index (χ1v) is 11.7. The minimum Gasteiger partial charge on any atom is -0.496 e. The normalized spacial score (nSPS) is 13.9. The van der Waals surface area contributed by atoms with E-state index in [2.05, 4.69) is 15.1 Å². The number of ether oxygens (including phenoxy) is 1. The van der Waals surface area contributed by atoms with Crippen LogP contribution in [0.1, 0.15) is 10.4 Å². The largest absolute Gasteiger partial charge is 0.496 e. The number of methoxy groups -OCH3 is 1. The van der Waals surface area contributed by atoms with Crippen molar-refractivity contribution in [2.45, 2.75) is 0 Å². The molecule has 2 aromatic heterocycles. The number of carbonyl (C=O) groups is 1. The van der Waals surface area contributed by atoms with E-state index in [0.29, 0.717) is 54.9 Å². The summed E-state index contributed by atoms with van der Waals surface area (Å²) in [6, 6.07) is 21.3. The van der Waals surface area contributed by atoms with E-state index in [1.165, 1.54) is 12.1 Å². The Labute approximate surface area is 206 Å². The van der Waals surface area contributed by atoms with Gasteiger partial charge in [-0.05, 0) is 42.5 Å². The predicted octanol–water partition coefficient (Wildman–Crippen LogP) is 4.05. The number of piperazine rings is 1. The summed E-state index contributed by atoms with van der Waals surface area (Å²) in [6.07, 6.45) is 0. The van der Waals surface area contributed by atoms with E-state index in [1.54, 1.807) is 24.1 Å². The molecule has 0 N–H and O–H groups in total. The number of benzene rings is 3. The van der Waals surface area contributed by atoms with Crippen molar-refractivity contribution in [3.63, 3.8) is 0 Å². The molecule has 0 spiro atoms. The van der Waals surface area contributed by atoms with Crippen molar-refractivity contribution in [3.8, 4) is 17.1 Å². The smallest absolute Gasteiger partial charge is 0.254 e. The third-order valence-electron chi connectivity index (χ3n) is 6.50. The maximum Gasteiger partial charge on any atom is 0.254 e. The Hall–Kier alpha value is -4.53. The van der Waals surface area contributed by atoms with Crippen molar-refractivity contribution in [1.82, 2.24) is 24.5 Å². The molecule has 0 aliphatic carbocycles. The van der Waals surface area contributed by atoms with Crippen LogP contribution in [0.4, 0.5) is 10.3 Å². The summed E-state index contributed by atoms with van der Waals surface area (Å²) in [5.41, 5.74) is 2.68. The van der Waals surface area contributed by atoms with Gasteiger partial charge in [0.15, 0.2) is 11.5 Å². The van der Waals surface area contributed by atoms with Gasteiger partial charge >= 0.3 is 0 Å². The number of rotatable bonds is 4. The van der Waals surface area contributed by atoms with Crippen molar-refractivity contribution < 1.29 is 13.9 Å². The lowest BCUT2D eigenvalue weighted by Gasteiger charge is -2.35. The lowest BCUT2D eigenvalue weighted by atomic mass is 10.1. The van der Waals surface area contributed by atoms with E-state index in [9.17, 15) is 9.18 Å². The summed E-state index contributed by atoms with van der Waals surface area (Å²) in [5, 5.41) is 9.97. The average molecular weight is 483 g/mol. The molecule has 6 rings (SSSR count). The lowest BCUT2D eigenvalue weighted by Crippen LogP contribution is -2.49. The fraction of sp³-hybridized carbons (Fsp3) is 0.185. The molecule has 1 saturated heterocycles. The van der Waals surface area contributed by atoms with Gasteiger partial charge in [-0.15, -0.1) is 10.2 Å². The fourth-order valence-electron chi connectivity index (χ4n) is 4.70. The van der Waals surface area contributed by atoms with Gasteiger partial charge in [0.05, 0.1) is 18.2 Å². The Morgan fingerprint density at radius 1 is 0.917 bits per heavy atom. The van der Waals surface area contributed by atoms with Crippen molar-refractivity contribution >= 4 is 28.4 Å². The highest BCUT2D eigenvalue weighted by molar-refractivity contribution is 5.95. The molecule has 0 saturated carbocycles. The summed E-state index contributed by atoms with van der Waals surface area (Å²) in [7, 11) is 1.63. The highest BCUT2D eigenvalue weighted by Gasteiger charge is 2.27. The number of carbonyl (C=O) groups excluding carboxylic acids is 1. The highest BCUT2D eigenvalue weighted by atomic mass is 19.1. The molecule has 1 fully saturated rings. The molecule has 3 heterocycles.